The number of fused-ring (bicyclic) bond motifs is 1. The van der Waals surface area contributed by atoms with Crippen molar-refractivity contribution in [2.75, 3.05) is 5.32 Å². The van der Waals surface area contributed by atoms with Crippen LogP contribution in [0.5, 0.6) is 0 Å². The lowest BCUT2D eigenvalue weighted by molar-refractivity contribution is 0.486. The number of halogens is 1. The Bertz CT molecular complexity index is 937. The van der Waals surface area contributed by atoms with E-state index in [1.807, 2.05) is 6.07 Å². The molecule has 0 saturated carbocycles. The largest absolute Gasteiger partial charge is 0.360 e. The van der Waals surface area contributed by atoms with Crippen molar-refractivity contribution in [3.63, 3.8) is 0 Å². The number of pyridine rings is 1. The summed E-state index contributed by atoms with van der Waals surface area (Å²) < 4.78 is 36.0. The van der Waals surface area contributed by atoms with E-state index in [0.29, 0.717) is 16.9 Å². The van der Waals surface area contributed by atoms with Crippen LogP contribution < -0.4 is 10.5 Å². The molecule has 6 nitrogen and oxygen atoms in total. The SMILES string of the molecule is NS(=O)(=O)c1ccc(CF)c(Nc2cncc3[nH]ccc23)c1. The van der Waals surface area contributed by atoms with Gasteiger partial charge in [0, 0.05) is 22.8 Å². The Morgan fingerprint density at radius 1 is 1.23 bits per heavy atom. The van der Waals surface area contributed by atoms with Gasteiger partial charge in [0.25, 0.3) is 0 Å². The van der Waals surface area contributed by atoms with Crippen molar-refractivity contribution in [3.05, 3.63) is 48.4 Å². The summed E-state index contributed by atoms with van der Waals surface area (Å²) in [6.07, 6.45) is 5.01. The molecular weight excluding hydrogens is 307 g/mol. The minimum absolute atomic E-state index is 0.0820. The normalized spacial score (nSPS) is 11.7. The molecule has 22 heavy (non-hydrogen) atoms. The number of hydrogen-bond donors (Lipinski definition) is 3. The molecule has 0 aliphatic heterocycles. The van der Waals surface area contributed by atoms with Crippen LogP contribution in [0, 0.1) is 0 Å². The second-order valence-corrected chi connectivity index (χ2v) is 6.31. The predicted octanol–water partition coefficient (Wildman–Crippen LogP) is 2.42. The van der Waals surface area contributed by atoms with Crippen LogP contribution in [0.1, 0.15) is 5.56 Å². The summed E-state index contributed by atoms with van der Waals surface area (Å²) >= 11 is 0. The summed E-state index contributed by atoms with van der Waals surface area (Å²) in [6.45, 7) is -0.732. The van der Waals surface area contributed by atoms with E-state index in [4.69, 9.17) is 5.14 Å². The van der Waals surface area contributed by atoms with Crippen LogP contribution in [-0.2, 0) is 16.7 Å². The van der Waals surface area contributed by atoms with E-state index < -0.39 is 16.7 Å². The quantitative estimate of drug-likeness (QED) is 0.687. The Balaban J connectivity index is 2.09. The third-order valence-electron chi connectivity index (χ3n) is 3.30. The molecule has 0 unspecified atom stereocenters. The summed E-state index contributed by atoms with van der Waals surface area (Å²) in [5.74, 6) is 0. The Morgan fingerprint density at radius 3 is 2.77 bits per heavy atom. The molecule has 0 aliphatic carbocycles. The van der Waals surface area contributed by atoms with Gasteiger partial charge >= 0.3 is 0 Å². The van der Waals surface area contributed by atoms with E-state index in [2.05, 4.69) is 15.3 Å². The van der Waals surface area contributed by atoms with Crippen molar-refractivity contribution in [3.8, 4) is 0 Å². The average molecular weight is 320 g/mol. The van der Waals surface area contributed by atoms with Crippen molar-refractivity contribution in [2.45, 2.75) is 11.6 Å². The molecule has 0 aliphatic rings. The van der Waals surface area contributed by atoms with Crippen molar-refractivity contribution >= 4 is 32.3 Å². The predicted molar refractivity (Wildman–Crippen MR) is 82.0 cm³/mol. The number of nitrogens with one attached hydrogen (secondary N) is 2. The first-order valence-corrected chi connectivity index (χ1v) is 7.93. The third-order valence-corrected chi connectivity index (χ3v) is 4.21. The maximum Gasteiger partial charge on any atom is 0.238 e. The topological polar surface area (TPSA) is 101 Å². The maximum absolute atomic E-state index is 13.1. The van der Waals surface area contributed by atoms with E-state index >= 15 is 0 Å². The van der Waals surface area contributed by atoms with Gasteiger partial charge in [-0.1, -0.05) is 6.07 Å². The van der Waals surface area contributed by atoms with Crippen LogP contribution in [0.15, 0.2) is 47.8 Å². The lowest BCUT2D eigenvalue weighted by Crippen LogP contribution is -2.12. The second-order valence-electron chi connectivity index (χ2n) is 4.75. The summed E-state index contributed by atoms with van der Waals surface area (Å²) in [6, 6.07) is 5.84. The molecule has 0 fully saturated rings. The van der Waals surface area contributed by atoms with E-state index in [1.54, 1.807) is 18.6 Å². The fraction of sp³-hybridized carbons (Fsp3) is 0.0714. The highest BCUT2D eigenvalue weighted by atomic mass is 32.2. The molecular formula is C14H13FN4O2S. The minimum Gasteiger partial charge on any atom is -0.360 e. The van der Waals surface area contributed by atoms with E-state index in [9.17, 15) is 12.8 Å². The summed E-state index contributed by atoms with van der Waals surface area (Å²) in [7, 11) is -3.86. The van der Waals surface area contributed by atoms with Gasteiger partial charge in [0.1, 0.15) is 6.67 Å². The Morgan fingerprint density at radius 2 is 2.05 bits per heavy atom. The average Bonchev–Trinajstić information content (AvgIpc) is 2.96. The van der Waals surface area contributed by atoms with Crippen molar-refractivity contribution in [2.24, 2.45) is 5.14 Å². The van der Waals surface area contributed by atoms with Gasteiger partial charge in [-0.2, -0.15) is 0 Å². The molecule has 1 aromatic carbocycles. The number of nitrogens with two attached hydrogens (primary N) is 1. The maximum atomic E-state index is 13.1. The highest BCUT2D eigenvalue weighted by Gasteiger charge is 2.13. The van der Waals surface area contributed by atoms with Gasteiger partial charge in [-0.05, 0) is 18.2 Å². The molecule has 114 valence electrons. The van der Waals surface area contributed by atoms with Crippen LogP contribution in [0.2, 0.25) is 0 Å². The molecule has 0 spiro atoms. The molecule has 4 N–H and O–H groups in total. The van der Waals surface area contributed by atoms with Gasteiger partial charge in [-0.25, -0.2) is 17.9 Å². The van der Waals surface area contributed by atoms with Crippen molar-refractivity contribution in [1.29, 1.82) is 0 Å². The van der Waals surface area contributed by atoms with Crippen molar-refractivity contribution < 1.29 is 12.8 Å². The highest BCUT2D eigenvalue weighted by Crippen LogP contribution is 2.28. The first-order chi connectivity index (χ1) is 10.5. The number of alkyl halides is 1. The summed E-state index contributed by atoms with van der Waals surface area (Å²) in [5.41, 5.74) is 2.12. The summed E-state index contributed by atoms with van der Waals surface area (Å²) in [5, 5.41) is 9.00. The van der Waals surface area contributed by atoms with Gasteiger partial charge in [0.2, 0.25) is 10.0 Å². The zero-order valence-corrected chi connectivity index (χ0v) is 12.2. The van der Waals surface area contributed by atoms with Crippen LogP contribution in [0.3, 0.4) is 0 Å². The lowest BCUT2D eigenvalue weighted by Gasteiger charge is -2.12. The monoisotopic (exact) mass is 320 g/mol. The smallest absolute Gasteiger partial charge is 0.238 e. The van der Waals surface area contributed by atoms with Gasteiger partial charge in [0.05, 0.1) is 28.5 Å². The second kappa shape index (κ2) is 5.39. The Kier molecular flexibility index (Phi) is 3.55. The molecule has 3 rings (SSSR count). The number of H-pyrrole nitrogens is 1. The number of aromatic amines is 1. The zero-order chi connectivity index (χ0) is 15.7. The first kappa shape index (κ1) is 14.5. The molecule has 8 heteroatoms. The van der Waals surface area contributed by atoms with E-state index in [1.165, 1.54) is 18.2 Å². The highest BCUT2D eigenvalue weighted by molar-refractivity contribution is 7.89. The fourth-order valence-corrected chi connectivity index (χ4v) is 2.73. The fourth-order valence-electron chi connectivity index (χ4n) is 2.19. The standard InChI is InChI=1S/C14H13FN4O2S/c15-6-9-1-2-10(22(16,20)21)5-12(9)19-14-8-17-7-13-11(14)3-4-18-13/h1-5,7-8,18-19H,6H2,(H2,16,20,21). The Hall–Kier alpha value is -2.45. The number of aromatic nitrogens is 2. The van der Waals surface area contributed by atoms with Gasteiger partial charge in [0.15, 0.2) is 0 Å². The van der Waals surface area contributed by atoms with E-state index in [0.717, 1.165) is 10.9 Å². The number of anilines is 2. The first-order valence-electron chi connectivity index (χ1n) is 6.39. The third kappa shape index (κ3) is 2.66. The lowest BCUT2D eigenvalue weighted by atomic mass is 10.2. The summed E-state index contributed by atoms with van der Waals surface area (Å²) in [4.78, 5) is 7.01. The molecule has 0 atom stereocenters. The molecule has 2 aromatic heterocycles. The van der Waals surface area contributed by atoms with Gasteiger partial charge in [-0.3, -0.25) is 4.98 Å². The molecule has 0 amide bonds. The molecule has 0 saturated heterocycles. The molecule has 2 heterocycles. The van der Waals surface area contributed by atoms with Crippen LogP contribution in [0.4, 0.5) is 15.8 Å². The number of rotatable bonds is 4. The van der Waals surface area contributed by atoms with Gasteiger partial charge in [-0.15, -0.1) is 0 Å². The van der Waals surface area contributed by atoms with Crippen LogP contribution >= 0.6 is 0 Å². The number of sulfonamides is 1. The van der Waals surface area contributed by atoms with Gasteiger partial charge < -0.3 is 10.3 Å². The zero-order valence-electron chi connectivity index (χ0n) is 11.4. The van der Waals surface area contributed by atoms with Crippen LogP contribution in [0.25, 0.3) is 10.9 Å². The van der Waals surface area contributed by atoms with Crippen molar-refractivity contribution in [1.82, 2.24) is 9.97 Å². The Labute approximate surface area is 126 Å². The number of primary sulfonamides is 1. The number of hydrogen-bond acceptors (Lipinski definition) is 4. The minimum atomic E-state index is -3.86. The molecule has 3 aromatic rings. The number of benzene rings is 1. The number of nitrogens with zero attached hydrogens (tertiary/aromatic N) is 1. The molecule has 0 bridgehead atoms. The van der Waals surface area contributed by atoms with E-state index in [-0.39, 0.29) is 4.90 Å². The molecule has 0 radical (unpaired) electrons. The van der Waals surface area contributed by atoms with Crippen LogP contribution in [-0.4, -0.2) is 18.4 Å².